The Morgan fingerprint density at radius 3 is 2.48 bits per heavy atom. The minimum atomic E-state index is 0.420. The van der Waals surface area contributed by atoms with Crippen LogP contribution in [0.15, 0.2) is 90.6 Å². The lowest BCUT2D eigenvalue weighted by molar-refractivity contribution is 0.447. The van der Waals surface area contributed by atoms with Crippen molar-refractivity contribution in [2.24, 2.45) is 5.92 Å². The topological polar surface area (TPSA) is 44.9 Å². The number of allylic oxidation sites excluding steroid dienone is 2. The molecule has 5 nitrogen and oxygen atoms in total. The van der Waals surface area contributed by atoms with E-state index in [0.29, 0.717) is 11.8 Å². The van der Waals surface area contributed by atoms with Crippen molar-refractivity contribution in [3.05, 3.63) is 119 Å². The summed E-state index contributed by atoms with van der Waals surface area (Å²) in [5.41, 5.74) is 10.8. The van der Waals surface area contributed by atoms with Gasteiger partial charge in [-0.1, -0.05) is 43.7 Å². The maximum absolute atomic E-state index is 6.65. The minimum absolute atomic E-state index is 0.420. The molecule has 0 spiro atoms. The van der Waals surface area contributed by atoms with Gasteiger partial charge in [-0.2, -0.15) is 5.10 Å². The van der Waals surface area contributed by atoms with Crippen molar-refractivity contribution in [2.75, 3.05) is 0 Å². The Morgan fingerprint density at radius 1 is 0.864 bits per heavy atom. The molecule has 6 aromatic rings. The number of hydrogen-bond donors (Lipinski definition) is 0. The van der Waals surface area contributed by atoms with Crippen LogP contribution in [0, 0.1) is 26.7 Å². The summed E-state index contributed by atoms with van der Waals surface area (Å²) in [6.45, 7) is 13.3. The highest BCUT2D eigenvalue weighted by Crippen LogP contribution is 2.42. The summed E-state index contributed by atoms with van der Waals surface area (Å²) in [7, 11) is 0. The molecule has 44 heavy (non-hydrogen) atoms. The number of aromatic nitrogens is 4. The molecule has 1 aliphatic carbocycles. The smallest absolute Gasteiger partial charge is 0.137 e. The fourth-order valence-electron chi connectivity index (χ4n) is 7.25. The quantitative estimate of drug-likeness (QED) is 0.184. The largest absolute Gasteiger partial charge is 0.457 e. The van der Waals surface area contributed by atoms with E-state index in [1.165, 1.54) is 51.6 Å². The first-order valence-corrected chi connectivity index (χ1v) is 15.8. The summed E-state index contributed by atoms with van der Waals surface area (Å²) in [5, 5.41) is 7.47. The fourth-order valence-corrected chi connectivity index (χ4v) is 7.25. The van der Waals surface area contributed by atoms with Crippen molar-refractivity contribution in [3.63, 3.8) is 0 Å². The van der Waals surface area contributed by atoms with Gasteiger partial charge in [-0.25, -0.2) is 9.67 Å². The van der Waals surface area contributed by atoms with Gasteiger partial charge in [0.25, 0.3) is 0 Å². The van der Waals surface area contributed by atoms with Crippen molar-refractivity contribution >= 4 is 21.8 Å². The second-order valence-corrected chi connectivity index (χ2v) is 12.5. The highest BCUT2D eigenvalue weighted by molar-refractivity contribution is 6.09. The van der Waals surface area contributed by atoms with Crippen LogP contribution < -0.4 is 4.74 Å². The van der Waals surface area contributed by atoms with Crippen LogP contribution in [0.4, 0.5) is 0 Å². The number of aryl methyl sites for hydroxylation is 3. The van der Waals surface area contributed by atoms with E-state index in [-0.39, 0.29) is 0 Å². The lowest BCUT2D eigenvalue weighted by atomic mass is 9.75. The molecule has 1 unspecified atom stereocenters. The van der Waals surface area contributed by atoms with Crippen LogP contribution in [0.3, 0.4) is 0 Å². The number of benzene rings is 3. The van der Waals surface area contributed by atoms with Gasteiger partial charge in [-0.15, -0.1) is 0 Å². The Balaban J connectivity index is 1.31. The van der Waals surface area contributed by atoms with Gasteiger partial charge < -0.3 is 4.74 Å². The predicted octanol–water partition coefficient (Wildman–Crippen LogP) is 10.1. The van der Waals surface area contributed by atoms with Gasteiger partial charge in [0.1, 0.15) is 17.3 Å². The van der Waals surface area contributed by atoms with Crippen LogP contribution in [0.2, 0.25) is 0 Å². The van der Waals surface area contributed by atoms with E-state index in [2.05, 4.69) is 124 Å². The second kappa shape index (κ2) is 11.1. The van der Waals surface area contributed by atoms with E-state index in [9.17, 15) is 0 Å². The molecule has 1 aliphatic rings. The first kappa shape index (κ1) is 28.1. The minimum Gasteiger partial charge on any atom is -0.457 e. The van der Waals surface area contributed by atoms with Crippen molar-refractivity contribution < 1.29 is 4.74 Å². The van der Waals surface area contributed by atoms with Gasteiger partial charge in [0.15, 0.2) is 0 Å². The van der Waals surface area contributed by atoms with Crippen molar-refractivity contribution in [2.45, 2.75) is 66.7 Å². The Morgan fingerprint density at radius 2 is 1.68 bits per heavy atom. The van der Waals surface area contributed by atoms with Crippen LogP contribution in [0.5, 0.6) is 11.5 Å². The third kappa shape index (κ3) is 4.81. The number of nitrogens with zero attached hydrogens (tertiary/aromatic N) is 4. The van der Waals surface area contributed by atoms with Crippen LogP contribution in [0.1, 0.15) is 67.6 Å². The predicted molar refractivity (Wildman–Crippen MR) is 181 cm³/mol. The van der Waals surface area contributed by atoms with E-state index < -0.39 is 0 Å². The molecule has 3 aromatic heterocycles. The number of ether oxygens (including phenoxy) is 1. The third-order valence-electron chi connectivity index (χ3n) is 9.42. The fraction of sp³-hybridized carbons (Fsp3) is 0.282. The standard InChI is InChI=1S/C39H40N4O/c1-7-29-20-30(43-28(6)39(27(5)41-43)38-25(3)11-10-12-26(38)4)22-32(21-29)44-31-15-16-34-33-13-8-9-14-35(33)42(36(34)23-31)37-19-24(2)17-18-40-37/h8-9,11,13-23,26,38H,7,10,12H2,1-6H3/t26-,38?/m0/s1. The van der Waals surface area contributed by atoms with Gasteiger partial charge >= 0.3 is 0 Å². The molecule has 0 aliphatic heterocycles. The van der Waals surface area contributed by atoms with Gasteiger partial charge in [0.05, 0.1) is 22.4 Å². The Bertz CT molecular complexity index is 2060. The molecule has 5 heteroatoms. The molecule has 3 heterocycles. The van der Waals surface area contributed by atoms with Crippen molar-refractivity contribution in [3.8, 4) is 23.0 Å². The molecule has 0 radical (unpaired) electrons. The molecular formula is C39H40N4O. The van der Waals surface area contributed by atoms with E-state index in [4.69, 9.17) is 14.8 Å². The molecule has 0 fully saturated rings. The normalized spacial score (nSPS) is 16.9. The number of rotatable bonds is 6. The Labute approximate surface area is 259 Å². The van der Waals surface area contributed by atoms with E-state index in [0.717, 1.165) is 46.2 Å². The summed E-state index contributed by atoms with van der Waals surface area (Å²) < 4.78 is 11.0. The summed E-state index contributed by atoms with van der Waals surface area (Å²) in [6, 6.07) is 25.6. The summed E-state index contributed by atoms with van der Waals surface area (Å²) in [6.07, 6.45) is 7.59. The van der Waals surface area contributed by atoms with Gasteiger partial charge in [-0.3, -0.25) is 4.57 Å². The van der Waals surface area contributed by atoms with Gasteiger partial charge in [0, 0.05) is 46.3 Å². The zero-order chi connectivity index (χ0) is 30.5. The molecule has 0 N–H and O–H groups in total. The maximum Gasteiger partial charge on any atom is 0.137 e. The van der Waals surface area contributed by atoms with Gasteiger partial charge in [0.2, 0.25) is 0 Å². The molecule has 0 saturated carbocycles. The summed E-state index contributed by atoms with van der Waals surface area (Å²) >= 11 is 0. The average Bonchev–Trinajstić information content (AvgIpc) is 3.50. The highest BCUT2D eigenvalue weighted by Gasteiger charge is 2.29. The monoisotopic (exact) mass is 580 g/mol. The van der Waals surface area contributed by atoms with Crippen molar-refractivity contribution in [1.82, 2.24) is 19.3 Å². The van der Waals surface area contributed by atoms with Crippen LogP contribution >= 0.6 is 0 Å². The van der Waals surface area contributed by atoms with E-state index in [1.54, 1.807) is 0 Å². The number of para-hydroxylation sites is 1. The molecular weight excluding hydrogens is 540 g/mol. The zero-order valence-corrected chi connectivity index (χ0v) is 26.6. The number of hydrogen-bond acceptors (Lipinski definition) is 3. The highest BCUT2D eigenvalue weighted by atomic mass is 16.5. The lowest BCUT2D eigenvalue weighted by Crippen LogP contribution is -2.16. The van der Waals surface area contributed by atoms with Crippen LogP contribution in [-0.4, -0.2) is 19.3 Å². The molecule has 7 rings (SSSR count). The lowest BCUT2D eigenvalue weighted by Gasteiger charge is -2.29. The molecule has 0 amide bonds. The first-order chi connectivity index (χ1) is 21.3. The third-order valence-corrected chi connectivity index (χ3v) is 9.42. The Hall–Kier alpha value is -4.64. The first-order valence-electron chi connectivity index (χ1n) is 15.8. The van der Waals surface area contributed by atoms with Crippen LogP contribution in [-0.2, 0) is 6.42 Å². The number of fused-ring (bicyclic) bond motifs is 3. The van der Waals surface area contributed by atoms with E-state index >= 15 is 0 Å². The molecule has 3 aromatic carbocycles. The zero-order valence-electron chi connectivity index (χ0n) is 26.6. The summed E-state index contributed by atoms with van der Waals surface area (Å²) in [5.74, 6) is 3.53. The number of pyridine rings is 1. The molecule has 222 valence electrons. The average molecular weight is 581 g/mol. The van der Waals surface area contributed by atoms with E-state index in [1.807, 2.05) is 12.3 Å². The van der Waals surface area contributed by atoms with Gasteiger partial charge in [-0.05, 0) is 106 Å². The molecule has 2 atom stereocenters. The summed E-state index contributed by atoms with van der Waals surface area (Å²) in [4.78, 5) is 4.73. The SMILES string of the molecule is CCc1cc(Oc2ccc3c4ccccc4n(-c4cc(C)ccn4)c3c2)cc(-n2nc(C)c(C3C(C)=CCC[C@@H]3C)c2C)c1. The second-order valence-electron chi connectivity index (χ2n) is 12.5. The Kier molecular flexibility index (Phi) is 7.12. The molecule has 0 bridgehead atoms. The van der Waals surface area contributed by atoms with Crippen molar-refractivity contribution in [1.29, 1.82) is 0 Å². The van der Waals surface area contributed by atoms with Crippen LogP contribution in [0.25, 0.3) is 33.3 Å². The molecule has 0 saturated heterocycles. The maximum atomic E-state index is 6.65.